The topological polar surface area (TPSA) is 68.3 Å². The lowest BCUT2D eigenvalue weighted by atomic mass is 10.2. The molecular formula is C21H22N2O3S. The number of sulfone groups is 1. The third-order valence-corrected chi connectivity index (χ3v) is 7.28. The largest absolute Gasteiger partial charge is 0.487 e. The van der Waals surface area contributed by atoms with Crippen molar-refractivity contribution in [3.8, 4) is 5.75 Å². The monoisotopic (exact) mass is 382 g/mol. The Morgan fingerprint density at radius 2 is 1.78 bits per heavy atom. The summed E-state index contributed by atoms with van der Waals surface area (Å²) in [7, 11) is -3.41. The summed E-state index contributed by atoms with van der Waals surface area (Å²) in [4.78, 5) is 4.76. The van der Waals surface area contributed by atoms with Crippen LogP contribution in [0.15, 0.2) is 65.7 Å². The normalized spacial score (nSPS) is 15.7. The number of nitrogens with one attached hydrogen (secondary N) is 1. The van der Waals surface area contributed by atoms with Gasteiger partial charge in [0, 0.05) is 11.6 Å². The van der Waals surface area contributed by atoms with Crippen molar-refractivity contribution in [2.75, 3.05) is 13.1 Å². The average Bonchev–Trinajstić information content (AvgIpc) is 2.73. The first-order valence-electron chi connectivity index (χ1n) is 9.15. The number of hydrogen-bond donors (Lipinski definition) is 1. The molecule has 0 amide bonds. The Labute approximate surface area is 159 Å². The van der Waals surface area contributed by atoms with E-state index in [0.29, 0.717) is 41.0 Å². The van der Waals surface area contributed by atoms with Crippen molar-refractivity contribution < 1.29 is 13.2 Å². The highest BCUT2D eigenvalue weighted by molar-refractivity contribution is 7.92. The lowest BCUT2D eigenvalue weighted by molar-refractivity contribution is 0.309. The van der Waals surface area contributed by atoms with Crippen molar-refractivity contribution in [3.05, 3.63) is 66.4 Å². The molecule has 1 fully saturated rings. The molecule has 0 radical (unpaired) electrons. The summed E-state index contributed by atoms with van der Waals surface area (Å²) in [6, 6.07) is 16.8. The highest BCUT2D eigenvalue weighted by atomic mass is 32.2. The van der Waals surface area contributed by atoms with Crippen LogP contribution in [0.2, 0.25) is 0 Å². The Morgan fingerprint density at radius 3 is 2.56 bits per heavy atom. The van der Waals surface area contributed by atoms with Crippen LogP contribution >= 0.6 is 0 Å². The molecule has 2 heterocycles. The fourth-order valence-corrected chi connectivity index (χ4v) is 5.45. The van der Waals surface area contributed by atoms with Crippen LogP contribution in [0.25, 0.3) is 10.9 Å². The molecule has 0 unspecified atom stereocenters. The molecular weight excluding hydrogens is 360 g/mol. The first-order chi connectivity index (χ1) is 13.2. The molecule has 0 spiro atoms. The zero-order chi connectivity index (χ0) is 18.7. The maximum atomic E-state index is 13.2. The van der Waals surface area contributed by atoms with Crippen LogP contribution in [0.4, 0.5) is 0 Å². The van der Waals surface area contributed by atoms with Gasteiger partial charge in [-0.3, -0.25) is 4.98 Å². The van der Waals surface area contributed by atoms with Gasteiger partial charge in [0.2, 0.25) is 0 Å². The minimum absolute atomic E-state index is 0.349. The van der Waals surface area contributed by atoms with E-state index in [1.807, 2.05) is 36.4 Å². The van der Waals surface area contributed by atoms with Gasteiger partial charge in [0.15, 0.2) is 9.84 Å². The van der Waals surface area contributed by atoms with Gasteiger partial charge < -0.3 is 10.1 Å². The highest BCUT2D eigenvalue weighted by Gasteiger charge is 2.30. The first-order valence-corrected chi connectivity index (χ1v) is 10.7. The van der Waals surface area contributed by atoms with Crippen molar-refractivity contribution in [1.82, 2.24) is 10.3 Å². The van der Waals surface area contributed by atoms with Gasteiger partial charge in [-0.15, -0.1) is 0 Å². The van der Waals surface area contributed by atoms with E-state index >= 15 is 0 Å². The SMILES string of the molecule is O=S(=O)(c1ccc(OCc2ccccc2)c2ncccc12)C1CCNCC1. The fraction of sp³-hybridized carbons (Fsp3) is 0.286. The molecule has 0 bridgehead atoms. The lowest BCUT2D eigenvalue weighted by Gasteiger charge is -2.23. The smallest absolute Gasteiger partial charge is 0.182 e. The van der Waals surface area contributed by atoms with Crippen LogP contribution in [0.3, 0.4) is 0 Å². The molecule has 4 rings (SSSR count). The summed E-state index contributed by atoms with van der Waals surface area (Å²) in [5, 5.41) is 3.50. The van der Waals surface area contributed by atoms with Crippen molar-refractivity contribution in [2.24, 2.45) is 0 Å². The zero-order valence-corrected chi connectivity index (χ0v) is 15.8. The number of ether oxygens (including phenoxy) is 1. The molecule has 140 valence electrons. The third kappa shape index (κ3) is 3.68. The molecule has 0 aliphatic carbocycles. The van der Waals surface area contributed by atoms with Crippen LogP contribution in [0.5, 0.6) is 5.75 Å². The quantitative estimate of drug-likeness (QED) is 0.733. The van der Waals surface area contributed by atoms with Gasteiger partial charge in [-0.1, -0.05) is 30.3 Å². The first kappa shape index (κ1) is 17.9. The summed E-state index contributed by atoms with van der Waals surface area (Å²) in [6.07, 6.45) is 2.94. The minimum atomic E-state index is -3.41. The van der Waals surface area contributed by atoms with Gasteiger partial charge in [0.05, 0.1) is 10.1 Å². The van der Waals surface area contributed by atoms with Gasteiger partial charge in [-0.2, -0.15) is 0 Å². The summed E-state index contributed by atoms with van der Waals surface area (Å²) in [6.45, 7) is 1.88. The molecule has 2 aromatic carbocycles. The minimum Gasteiger partial charge on any atom is -0.487 e. The standard InChI is InChI=1S/C21H22N2O3S/c24-27(25,17-10-13-22-14-11-17)20-9-8-19(21-18(20)7-4-12-23-21)26-15-16-5-2-1-3-6-16/h1-9,12,17,22H,10-11,13-15H2. The predicted molar refractivity (Wildman–Crippen MR) is 106 cm³/mol. The predicted octanol–water partition coefficient (Wildman–Crippen LogP) is 3.34. The fourth-order valence-electron chi connectivity index (χ4n) is 3.51. The zero-order valence-electron chi connectivity index (χ0n) is 15.0. The van der Waals surface area contributed by atoms with Crippen molar-refractivity contribution >= 4 is 20.7 Å². The summed E-state index contributed by atoms with van der Waals surface area (Å²) in [5.41, 5.74) is 1.64. The lowest BCUT2D eigenvalue weighted by Crippen LogP contribution is -2.35. The Bertz CT molecular complexity index is 1030. The Morgan fingerprint density at radius 1 is 1.00 bits per heavy atom. The number of rotatable bonds is 5. The van der Waals surface area contributed by atoms with Crippen molar-refractivity contribution in [3.63, 3.8) is 0 Å². The van der Waals surface area contributed by atoms with Crippen molar-refractivity contribution in [1.29, 1.82) is 0 Å². The third-order valence-electron chi connectivity index (χ3n) is 4.96. The summed E-state index contributed by atoms with van der Waals surface area (Å²) in [5.74, 6) is 0.596. The molecule has 3 aromatic rings. The number of fused-ring (bicyclic) bond motifs is 1. The van der Waals surface area contributed by atoms with Crippen LogP contribution in [0.1, 0.15) is 18.4 Å². The van der Waals surface area contributed by atoms with Gasteiger partial charge in [-0.25, -0.2) is 8.42 Å². The van der Waals surface area contributed by atoms with Crippen LogP contribution < -0.4 is 10.1 Å². The van der Waals surface area contributed by atoms with E-state index in [1.54, 1.807) is 24.4 Å². The van der Waals surface area contributed by atoms with Gasteiger partial charge >= 0.3 is 0 Å². The van der Waals surface area contributed by atoms with Gasteiger partial charge in [0.25, 0.3) is 0 Å². The highest BCUT2D eigenvalue weighted by Crippen LogP contribution is 2.33. The Balaban J connectivity index is 1.70. The molecule has 5 nitrogen and oxygen atoms in total. The molecule has 0 saturated carbocycles. The molecule has 1 aromatic heterocycles. The van der Waals surface area contributed by atoms with Crippen LogP contribution in [0, 0.1) is 0 Å². The van der Waals surface area contributed by atoms with E-state index in [4.69, 9.17) is 4.74 Å². The van der Waals surface area contributed by atoms with E-state index in [0.717, 1.165) is 18.7 Å². The van der Waals surface area contributed by atoms with E-state index in [2.05, 4.69) is 10.3 Å². The number of aromatic nitrogens is 1. The van der Waals surface area contributed by atoms with Crippen LogP contribution in [-0.4, -0.2) is 31.7 Å². The number of pyridine rings is 1. The summed E-state index contributed by atoms with van der Waals surface area (Å²) >= 11 is 0. The number of piperidine rings is 1. The Hall–Kier alpha value is -2.44. The number of hydrogen-bond acceptors (Lipinski definition) is 5. The van der Waals surface area contributed by atoms with Crippen LogP contribution in [-0.2, 0) is 16.4 Å². The average molecular weight is 382 g/mol. The molecule has 1 N–H and O–H groups in total. The van der Waals surface area contributed by atoms with E-state index in [1.165, 1.54) is 0 Å². The van der Waals surface area contributed by atoms with Gasteiger partial charge in [-0.05, 0) is 55.8 Å². The second kappa shape index (κ2) is 7.66. The van der Waals surface area contributed by atoms with Gasteiger partial charge in [0.1, 0.15) is 17.9 Å². The molecule has 1 aliphatic rings. The second-order valence-electron chi connectivity index (χ2n) is 6.73. The summed E-state index contributed by atoms with van der Waals surface area (Å²) < 4.78 is 32.3. The molecule has 0 atom stereocenters. The maximum Gasteiger partial charge on any atom is 0.182 e. The maximum absolute atomic E-state index is 13.2. The van der Waals surface area contributed by atoms with E-state index in [-0.39, 0.29) is 5.25 Å². The molecule has 1 saturated heterocycles. The molecule has 6 heteroatoms. The number of benzene rings is 2. The molecule has 27 heavy (non-hydrogen) atoms. The Kier molecular flexibility index (Phi) is 5.09. The van der Waals surface area contributed by atoms with E-state index < -0.39 is 9.84 Å². The van der Waals surface area contributed by atoms with Crippen molar-refractivity contribution in [2.45, 2.75) is 29.6 Å². The number of nitrogens with zero attached hydrogens (tertiary/aromatic N) is 1. The molecule has 1 aliphatic heterocycles. The second-order valence-corrected chi connectivity index (χ2v) is 8.93. The van der Waals surface area contributed by atoms with E-state index in [9.17, 15) is 8.42 Å².